The maximum Gasteiger partial charge on any atom is 0.187 e. The van der Waals surface area contributed by atoms with Gasteiger partial charge in [-0.25, -0.2) is 0 Å². The van der Waals surface area contributed by atoms with Gasteiger partial charge in [0.05, 0.1) is 48.3 Å². The highest BCUT2D eigenvalue weighted by Crippen LogP contribution is 2.89. The van der Waals surface area contributed by atoms with Crippen molar-refractivity contribution in [3.05, 3.63) is 0 Å². The van der Waals surface area contributed by atoms with E-state index in [1.54, 1.807) is 13.8 Å². The van der Waals surface area contributed by atoms with Crippen LogP contribution in [0.5, 0.6) is 0 Å². The van der Waals surface area contributed by atoms with Crippen molar-refractivity contribution in [2.24, 2.45) is 44.8 Å². The minimum atomic E-state index is -1.61. The van der Waals surface area contributed by atoms with Gasteiger partial charge in [0.25, 0.3) is 0 Å². The molecule has 21 atom stereocenters. The van der Waals surface area contributed by atoms with Gasteiger partial charge in [0.1, 0.15) is 36.6 Å². The predicted molar refractivity (Wildman–Crippen MR) is 192 cm³/mol. The zero-order chi connectivity index (χ0) is 39.3. The van der Waals surface area contributed by atoms with Crippen molar-refractivity contribution in [3.8, 4) is 0 Å². The SMILES string of the molecule is C[C@@H]1O[C@@H](O[C@H]2[C@H](O[C@H]3CC[C@]45C[C@]46CC[C@]4(C)[C@@H]([C@@]7(C)CC[C@@H](C(C)(C)O)O7)[C@@H](O)C[C@@]4(C)[C@@H]6C[C@H](O)[C@H]5C3(C)C)OC[C@@H](O)[C@@H]2O)[C@H](O)[C@H](O)[C@H]1O. The monoisotopic (exact) mass is 768 g/mol. The number of hydrogen-bond acceptors (Lipinski definition) is 13. The Morgan fingerprint density at radius 3 is 2.06 bits per heavy atom. The maximum atomic E-state index is 12.4. The van der Waals surface area contributed by atoms with Crippen LogP contribution in [-0.4, -0.2) is 138 Å². The lowest BCUT2D eigenvalue weighted by Crippen LogP contribution is -2.64. The number of rotatable bonds is 6. The summed E-state index contributed by atoms with van der Waals surface area (Å²) in [4.78, 5) is 0. The van der Waals surface area contributed by atoms with Gasteiger partial charge >= 0.3 is 0 Å². The van der Waals surface area contributed by atoms with Crippen LogP contribution in [0.25, 0.3) is 0 Å². The summed E-state index contributed by atoms with van der Waals surface area (Å²) in [6.07, 6.45) is -6.31. The van der Waals surface area contributed by atoms with Gasteiger partial charge in [0, 0.05) is 5.92 Å². The molecule has 3 saturated heterocycles. The minimum Gasteiger partial charge on any atom is -0.393 e. The lowest BCUT2D eigenvalue weighted by atomic mass is 9.41. The third-order valence-electron chi connectivity index (χ3n) is 17.6. The smallest absolute Gasteiger partial charge is 0.187 e. The Hall–Kier alpha value is -0.520. The minimum absolute atomic E-state index is 0.0406. The normalized spacial score (nSPS) is 59.6. The summed E-state index contributed by atoms with van der Waals surface area (Å²) in [7, 11) is 0. The fourth-order valence-corrected chi connectivity index (χ4v) is 14.8. The molecule has 3 heterocycles. The Labute approximate surface area is 319 Å². The molecule has 8 rings (SSSR count). The number of ether oxygens (including phenoxy) is 5. The molecule has 310 valence electrons. The van der Waals surface area contributed by atoms with Gasteiger partial charge in [-0.2, -0.15) is 0 Å². The van der Waals surface area contributed by atoms with Gasteiger partial charge in [0.2, 0.25) is 0 Å². The molecule has 8 N–H and O–H groups in total. The molecule has 0 aromatic heterocycles. The Kier molecular flexibility index (Phi) is 9.50. The van der Waals surface area contributed by atoms with Crippen molar-refractivity contribution in [1.82, 2.24) is 0 Å². The predicted octanol–water partition coefficient (Wildman–Crippen LogP) is 1.75. The summed E-state index contributed by atoms with van der Waals surface area (Å²) in [5.41, 5.74) is -2.51. The topological polar surface area (TPSA) is 208 Å². The van der Waals surface area contributed by atoms with Gasteiger partial charge in [-0.05, 0) is 124 Å². The van der Waals surface area contributed by atoms with Crippen molar-refractivity contribution < 1.29 is 64.5 Å². The quantitative estimate of drug-likeness (QED) is 0.182. The highest BCUT2D eigenvalue weighted by Gasteiger charge is 2.85. The van der Waals surface area contributed by atoms with Gasteiger partial charge in [-0.3, -0.25) is 0 Å². The van der Waals surface area contributed by atoms with Crippen LogP contribution in [0.3, 0.4) is 0 Å². The fourth-order valence-electron chi connectivity index (χ4n) is 14.8. The zero-order valence-electron chi connectivity index (χ0n) is 33.4. The average molecular weight is 769 g/mol. The standard InChI is InChI=1S/C41H68O13/c1-19-26(45)28(47)29(48)33(51-19)53-30-27(46)22(44)17-50-34(30)52-24-10-12-41-18-40(41)14-13-37(6)32(39(8)11-9-25(54-39)36(4,5)49)21(43)16-38(37,7)23(40)15-20(42)31(41)35(24,2)3/h19-34,42-49H,9-18H2,1-8H3/t19-,20-,21-,22+,23-,24-,25-,26-,27-,28+,29+,30+,31-,32-,33-,34-,37+,38-,39+,40-,41+/m0/s1. The Morgan fingerprint density at radius 2 is 1.39 bits per heavy atom. The second-order valence-corrected chi connectivity index (χ2v) is 21.0. The van der Waals surface area contributed by atoms with E-state index in [4.69, 9.17) is 23.7 Å². The molecular weight excluding hydrogens is 700 g/mol. The molecule has 54 heavy (non-hydrogen) atoms. The number of aliphatic hydroxyl groups is 8. The number of hydrogen-bond donors (Lipinski definition) is 8. The first kappa shape index (κ1) is 40.3. The van der Waals surface area contributed by atoms with Gasteiger partial charge in [-0.1, -0.05) is 27.7 Å². The molecule has 8 fully saturated rings. The van der Waals surface area contributed by atoms with E-state index in [1.165, 1.54) is 6.92 Å². The summed E-state index contributed by atoms with van der Waals surface area (Å²) in [5, 5.41) is 88.1. The van der Waals surface area contributed by atoms with E-state index in [0.717, 1.165) is 38.5 Å². The Morgan fingerprint density at radius 1 is 0.685 bits per heavy atom. The van der Waals surface area contributed by atoms with Crippen molar-refractivity contribution in [2.75, 3.05) is 6.61 Å². The molecule has 0 bridgehead atoms. The largest absolute Gasteiger partial charge is 0.393 e. The fraction of sp³-hybridized carbons (Fsp3) is 1.00. The van der Waals surface area contributed by atoms with Crippen LogP contribution >= 0.6 is 0 Å². The molecule has 13 nitrogen and oxygen atoms in total. The van der Waals surface area contributed by atoms with Crippen LogP contribution in [-0.2, 0) is 23.7 Å². The van der Waals surface area contributed by atoms with E-state index < -0.39 is 90.2 Å². The summed E-state index contributed by atoms with van der Waals surface area (Å²) >= 11 is 0. The molecule has 0 aromatic rings. The summed E-state index contributed by atoms with van der Waals surface area (Å²) in [6, 6.07) is 0. The molecule has 0 unspecified atom stereocenters. The second kappa shape index (κ2) is 12.7. The molecule has 3 aliphatic heterocycles. The molecule has 0 amide bonds. The van der Waals surface area contributed by atoms with E-state index in [-0.39, 0.29) is 52.1 Å². The van der Waals surface area contributed by atoms with E-state index >= 15 is 0 Å². The first-order valence-corrected chi connectivity index (χ1v) is 20.7. The van der Waals surface area contributed by atoms with E-state index in [9.17, 15) is 40.9 Å². The van der Waals surface area contributed by atoms with Crippen LogP contribution in [0.4, 0.5) is 0 Å². The molecule has 2 spiro atoms. The van der Waals surface area contributed by atoms with E-state index in [1.807, 2.05) is 0 Å². The lowest BCUT2D eigenvalue weighted by molar-refractivity contribution is -0.364. The highest BCUT2D eigenvalue weighted by atomic mass is 16.8. The Balaban J connectivity index is 1.02. The van der Waals surface area contributed by atoms with E-state index in [0.29, 0.717) is 19.3 Å². The van der Waals surface area contributed by atoms with Crippen molar-refractivity contribution in [3.63, 3.8) is 0 Å². The van der Waals surface area contributed by atoms with Gasteiger partial charge in [0.15, 0.2) is 12.6 Å². The summed E-state index contributed by atoms with van der Waals surface area (Å²) < 4.78 is 31.1. The molecule has 5 aliphatic carbocycles. The van der Waals surface area contributed by atoms with Crippen molar-refractivity contribution in [1.29, 1.82) is 0 Å². The van der Waals surface area contributed by atoms with Gasteiger partial charge < -0.3 is 64.5 Å². The van der Waals surface area contributed by atoms with Crippen molar-refractivity contribution >= 4 is 0 Å². The average Bonchev–Trinajstić information content (AvgIpc) is 3.43. The molecule has 0 radical (unpaired) electrons. The first-order chi connectivity index (χ1) is 25.0. The first-order valence-electron chi connectivity index (χ1n) is 20.7. The third kappa shape index (κ3) is 5.43. The summed E-state index contributed by atoms with van der Waals surface area (Å²) in [6.45, 7) is 16.1. The van der Waals surface area contributed by atoms with Crippen LogP contribution < -0.4 is 0 Å². The zero-order valence-corrected chi connectivity index (χ0v) is 33.4. The van der Waals surface area contributed by atoms with Crippen LogP contribution in [0.1, 0.15) is 113 Å². The number of fused-ring (bicyclic) bond motifs is 2. The molecular formula is C41H68O13. The second-order valence-electron chi connectivity index (χ2n) is 21.0. The van der Waals surface area contributed by atoms with Crippen LogP contribution in [0.2, 0.25) is 0 Å². The highest BCUT2D eigenvalue weighted by molar-refractivity contribution is 5.33. The van der Waals surface area contributed by atoms with Crippen LogP contribution in [0, 0.1) is 44.8 Å². The van der Waals surface area contributed by atoms with Crippen LogP contribution in [0.15, 0.2) is 0 Å². The molecule has 13 heteroatoms. The Bertz CT molecular complexity index is 1440. The number of aliphatic hydroxyl groups excluding tert-OH is 7. The van der Waals surface area contributed by atoms with Gasteiger partial charge in [-0.15, -0.1) is 0 Å². The van der Waals surface area contributed by atoms with E-state index in [2.05, 4.69) is 34.6 Å². The van der Waals surface area contributed by atoms with Crippen molar-refractivity contribution in [2.45, 2.75) is 204 Å². The molecule has 0 aromatic carbocycles. The molecule has 8 aliphatic rings. The molecule has 5 saturated carbocycles. The lowest BCUT2D eigenvalue weighted by Gasteiger charge is -2.64. The maximum absolute atomic E-state index is 12.4. The third-order valence-corrected chi connectivity index (χ3v) is 17.6. The summed E-state index contributed by atoms with van der Waals surface area (Å²) in [5.74, 6) is 0.0751.